The molecule has 19 heteroatoms. The second kappa shape index (κ2) is 16.9. The van der Waals surface area contributed by atoms with E-state index in [0.717, 1.165) is 27.7 Å². The number of methoxy groups -OCH3 is 1. The predicted molar refractivity (Wildman–Crippen MR) is 184 cm³/mol. The molecule has 0 amide bonds. The Morgan fingerprint density at radius 3 is 2.09 bits per heavy atom. The fourth-order valence-electron chi connectivity index (χ4n) is 6.40. The first-order chi connectivity index (χ1) is 26.1. The van der Waals surface area contributed by atoms with Crippen molar-refractivity contribution in [1.29, 1.82) is 0 Å². The van der Waals surface area contributed by atoms with Gasteiger partial charge in [-0.05, 0) is 38.5 Å². The van der Waals surface area contributed by atoms with Crippen molar-refractivity contribution in [3.63, 3.8) is 0 Å². The second-order valence-electron chi connectivity index (χ2n) is 12.5. The van der Waals surface area contributed by atoms with Crippen molar-refractivity contribution in [3.8, 4) is 11.6 Å². The van der Waals surface area contributed by atoms with Crippen molar-refractivity contribution >= 4 is 29.8 Å². The Morgan fingerprint density at radius 2 is 1.49 bits per heavy atom. The van der Waals surface area contributed by atoms with E-state index < -0.39 is 78.6 Å². The lowest BCUT2D eigenvalue weighted by molar-refractivity contribution is -0.270. The van der Waals surface area contributed by atoms with Gasteiger partial charge in [-0.3, -0.25) is 28.5 Å². The van der Waals surface area contributed by atoms with Crippen LogP contribution in [0.3, 0.4) is 0 Å². The molecule has 2 aromatic heterocycles. The minimum atomic E-state index is -1.44. The largest absolute Gasteiger partial charge is 0.497 e. The van der Waals surface area contributed by atoms with Gasteiger partial charge in [0.05, 0.1) is 43.5 Å². The Morgan fingerprint density at radius 1 is 0.855 bits per heavy atom. The van der Waals surface area contributed by atoms with Gasteiger partial charge in [-0.25, -0.2) is 9.48 Å². The summed E-state index contributed by atoms with van der Waals surface area (Å²) >= 11 is 0. The molecule has 2 aliphatic heterocycles. The van der Waals surface area contributed by atoms with E-state index in [1.807, 2.05) is 0 Å². The van der Waals surface area contributed by atoms with E-state index in [-0.39, 0.29) is 47.4 Å². The summed E-state index contributed by atoms with van der Waals surface area (Å²) in [6, 6.07) is 6.87. The second-order valence-corrected chi connectivity index (χ2v) is 12.5. The van der Waals surface area contributed by atoms with E-state index in [2.05, 4.69) is 15.3 Å². The van der Waals surface area contributed by atoms with Crippen LogP contribution in [-0.2, 0) is 58.9 Å². The zero-order chi connectivity index (χ0) is 40.1. The molecular formula is C36H41N5O14. The summed E-state index contributed by atoms with van der Waals surface area (Å²) in [5.74, 6) is -3.57. The fraction of sp³-hybridized carbons (Fsp3) is 0.472. The molecule has 2 aliphatic rings. The summed E-state index contributed by atoms with van der Waals surface area (Å²) in [6.07, 6.45) is -5.44. The van der Waals surface area contributed by atoms with Gasteiger partial charge >= 0.3 is 29.8 Å². The van der Waals surface area contributed by atoms with Crippen LogP contribution in [0.4, 0.5) is 0 Å². The topological polar surface area (TPSA) is 225 Å². The maximum absolute atomic E-state index is 14.5. The molecule has 0 spiro atoms. The van der Waals surface area contributed by atoms with Gasteiger partial charge in [0.2, 0.25) is 5.88 Å². The zero-order valence-electron chi connectivity index (χ0n) is 31.4. The van der Waals surface area contributed by atoms with Crippen LogP contribution < -0.4 is 15.0 Å². The smallest absolute Gasteiger partial charge is 0.338 e. The third-order valence-corrected chi connectivity index (χ3v) is 8.62. The molecule has 1 saturated heterocycles. The lowest BCUT2D eigenvalue weighted by Gasteiger charge is -2.44. The molecule has 0 saturated carbocycles. The summed E-state index contributed by atoms with van der Waals surface area (Å²) in [5.41, 5.74) is 0.450. The molecule has 294 valence electrons. The van der Waals surface area contributed by atoms with Crippen LogP contribution in [0.5, 0.6) is 11.6 Å². The molecule has 3 aromatic rings. The lowest BCUT2D eigenvalue weighted by Crippen LogP contribution is -2.60. The quantitative estimate of drug-likeness (QED) is 0.189. The molecule has 19 nitrogen and oxygen atoms in total. The predicted octanol–water partition coefficient (Wildman–Crippen LogP) is 1.82. The zero-order valence-corrected chi connectivity index (χ0v) is 31.4. The average Bonchev–Trinajstić information content (AvgIpc) is 3.58. The van der Waals surface area contributed by atoms with Crippen LogP contribution in [0.15, 0.2) is 46.6 Å². The third-order valence-electron chi connectivity index (χ3n) is 8.62. The first-order valence-corrected chi connectivity index (χ1v) is 17.2. The number of hydrogen-bond donors (Lipinski definition) is 0. The Hall–Kier alpha value is -6.11. The van der Waals surface area contributed by atoms with Crippen LogP contribution in [-0.4, -0.2) is 99.1 Å². The molecule has 0 bridgehead atoms. The van der Waals surface area contributed by atoms with Crippen molar-refractivity contribution in [1.82, 2.24) is 24.5 Å². The minimum absolute atomic E-state index is 0.0197. The first kappa shape index (κ1) is 40.1. The highest BCUT2D eigenvalue weighted by Crippen LogP contribution is 2.42. The summed E-state index contributed by atoms with van der Waals surface area (Å²) in [7, 11) is 1.52. The lowest BCUT2D eigenvalue weighted by atomic mass is 9.83. The molecule has 55 heavy (non-hydrogen) atoms. The molecule has 1 unspecified atom stereocenters. The molecule has 4 heterocycles. The van der Waals surface area contributed by atoms with Gasteiger partial charge < -0.3 is 37.9 Å². The van der Waals surface area contributed by atoms with Crippen molar-refractivity contribution in [2.24, 2.45) is 0 Å². The normalized spacial score (nSPS) is 21.7. The highest BCUT2D eigenvalue weighted by Gasteiger charge is 2.53. The molecule has 1 aromatic carbocycles. The molecule has 0 radical (unpaired) electrons. The number of benzene rings is 1. The van der Waals surface area contributed by atoms with E-state index in [4.69, 9.17) is 37.9 Å². The van der Waals surface area contributed by atoms with E-state index in [0.29, 0.717) is 11.3 Å². The Kier molecular flexibility index (Phi) is 12.3. The van der Waals surface area contributed by atoms with Crippen molar-refractivity contribution in [2.45, 2.75) is 91.6 Å². The highest BCUT2D eigenvalue weighted by molar-refractivity contribution is 5.92. The molecular weight excluding hydrogens is 726 g/mol. The van der Waals surface area contributed by atoms with Crippen LogP contribution in [0.25, 0.3) is 0 Å². The van der Waals surface area contributed by atoms with E-state index in [1.165, 1.54) is 22.6 Å². The molecule has 0 N–H and O–H groups in total. The van der Waals surface area contributed by atoms with Crippen LogP contribution in [0, 0.1) is 6.92 Å². The number of nitrogens with zero attached hydrogens (tertiary/aromatic N) is 5. The van der Waals surface area contributed by atoms with Gasteiger partial charge in [-0.2, -0.15) is 4.98 Å². The number of aromatic nitrogens is 5. The number of rotatable bonds is 12. The summed E-state index contributed by atoms with van der Waals surface area (Å²) in [4.78, 5) is 80.8. The summed E-state index contributed by atoms with van der Waals surface area (Å²) in [6.45, 7) is 8.82. The van der Waals surface area contributed by atoms with E-state index in [9.17, 15) is 28.8 Å². The van der Waals surface area contributed by atoms with Gasteiger partial charge in [0.1, 0.15) is 35.7 Å². The molecule has 0 aliphatic carbocycles. The number of allylic oxidation sites excluding steroid dienone is 1. The summed E-state index contributed by atoms with van der Waals surface area (Å²) < 4.78 is 47.0. The first-order valence-electron chi connectivity index (χ1n) is 17.2. The van der Waals surface area contributed by atoms with Crippen molar-refractivity contribution in [2.75, 3.05) is 20.3 Å². The molecule has 6 atom stereocenters. The Bertz CT molecular complexity index is 2060. The van der Waals surface area contributed by atoms with Crippen molar-refractivity contribution < 1.29 is 61.9 Å². The molecule has 1 fully saturated rings. The average molecular weight is 768 g/mol. The van der Waals surface area contributed by atoms with Gasteiger partial charge in [0.25, 0.3) is 5.56 Å². The van der Waals surface area contributed by atoms with Gasteiger partial charge in [0.15, 0.2) is 24.5 Å². The highest BCUT2D eigenvalue weighted by atomic mass is 16.7. The van der Waals surface area contributed by atoms with Gasteiger partial charge in [-0.1, -0.05) is 17.3 Å². The third kappa shape index (κ3) is 8.83. The van der Waals surface area contributed by atoms with Gasteiger partial charge in [0, 0.05) is 27.7 Å². The van der Waals surface area contributed by atoms with Crippen LogP contribution in [0.1, 0.15) is 76.3 Å². The van der Waals surface area contributed by atoms with Crippen LogP contribution >= 0.6 is 0 Å². The van der Waals surface area contributed by atoms with Gasteiger partial charge in [-0.15, -0.1) is 5.10 Å². The van der Waals surface area contributed by atoms with E-state index >= 15 is 0 Å². The number of aryl methyl sites for hydroxylation is 1. The van der Waals surface area contributed by atoms with Crippen LogP contribution in [0.2, 0.25) is 0 Å². The maximum Gasteiger partial charge on any atom is 0.338 e. The number of carbonyl (C=O) groups is 5. The SMILES string of the molecule is CCOC(=O)C1=C(C)Oc2nc(C)n(Cc3cn([C@@H]4O[C@H](COC(C)=O)[C@@H](OC(C)=O)[C@H](OC(C)=O)[C@H]4OC(C)=O)nn3)c(=O)c2C1c1ccc(OC)cc1. The van der Waals surface area contributed by atoms with E-state index in [1.54, 1.807) is 45.0 Å². The Labute approximate surface area is 314 Å². The standard InChI is InChI=1S/C36H41N5O14/c1-9-49-36(47)27-17(2)51-33-29(28(27)23-10-12-25(48-8)13-11-23)34(46)40(18(3)37-33)14-24-15-41(39-38-24)35-32(54-22(7)45)31(53-21(6)44)30(52-20(5)43)26(55-35)16-50-19(4)42/h10-13,15,26,28,30-32,35H,9,14,16H2,1-8H3/t26-,28?,30-,31+,32-,35-/m1/s1. The molecule has 5 rings (SSSR count). The minimum Gasteiger partial charge on any atom is -0.497 e. The monoisotopic (exact) mass is 767 g/mol. The number of fused-ring (bicyclic) bond motifs is 1. The number of ether oxygens (including phenoxy) is 8. The number of esters is 5. The fourth-order valence-corrected chi connectivity index (χ4v) is 6.40. The summed E-state index contributed by atoms with van der Waals surface area (Å²) in [5, 5.41) is 8.39. The Balaban J connectivity index is 1.56. The number of carbonyl (C=O) groups excluding carboxylic acids is 5. The van der Waals surface area contributed by atoms with Crippen molar-refractivity contribution in [3.05, 3.63) is 74.8 Å². The maximum atomic E-state index is 14.5. The number of hydrogen-bond acceptors (Lipinski definition) is 17.